The molecule has 0 aromatic heterocycles. The molecule has 0 saturated heterocycles. The minimum absolute atomic E-state index is 0.0375. The first kappa shape index (κ1) is 19.9. The quantitative estimate of drug-likeness (QED) is 0.438. The monoisotopic (exact) mass is 324 g/mol. The van der Waals surface area contributed by atoms with Crippen molar-refractivity contribution in [1.29, 1.82) is 0 Å². The zero-order valence-corrected chi connectivity index (χ0v) is 14.6. The molecule has 132 valence electrons. The topological polar surface area (TPSA) is 63.6 Å². The number of hydrogen-bond acceptors (Lipinski definition) is 4. The number of carbonyl (C=O) groups is 2. The van der Waals surface area contributed by atoms with Crippen molar-refractivity contribution < 1.29 is 19.4 Å². The van der Waals surface area contributed by atoms with Gasteiger partial charge in [-0.15, -0.1) is 0 Å². The Labute approximate surface area is 140 Å². The van der Waals surface area contributed by atoms with Crippen molar-refractivity contribution in [2.75, 3.05) is 7.11 Å². The van der Waals surface area contributed by atoms with Crippen molar-refractivity contribution in [3.8, 4) is 0 Å². The van der Waals surface area contributed by atoms with Gasteiger partial charge in [-0.05, 0) is 44.1 Å². The molecule has 1 aliphatic rings. The molecule has 1 rings (SSSR count). The molecule has 0 amide bonds. The molecule has 0 fully saturated rings. The number of ether oxygens (including phenoxy) is 1. The van der Waals surface area contributed by atoms with Crippen molar-refractivity contribution in [3.63, 3.8) is 0 Å². The van der Waals surface area contributed by atoms with Crippen molar-refractivity contribution in [3.05, 3.63) is 12.2 Å². The van der Waals surface area contributed by atoms with Gasteiger partial charge in [-0.25, -0.2) is 0 Å². The SMILES string of the molecule is CCCCCC(O)CC[C@H]1C=CC(=O)[C@H]1CCCCC(=O)OC. The summed E-state index contributed by atoms with van der Waals surface area (Å²) in [6, 6.07) is 0. The number of ketones is 1. The molecule has 4 nitrogen and oxygen atoms in total. The molecule has 3 atom stereocenters. The highest BCUT2D eigenvalue weighted by Crippen LogP contribution is 2.31. The van der Waals surface area contributed by atoms with Crippen LogP contribution in [0.3, 0.4) is 0 Å². The van der Waals surface area contributed by atoms with Gasteiger partial charge in [0.25, 0.3) is 0 Å². The van der Waals surface area contributed by atoms with E-state index in [4.69, 9.17) is 0 Å². The van der Waals surface area contributed by atoms with E-state index < -0.39 is 0 Å². The third-order valence-corrected chi connectivity index (χ3v) is 4.74. The van der Waals surface area contributed by atoms with Gasteiger partial charge in [-0.3, -0.25) is 9.59 Å². The lowest BCUT2D eigenvalue weighted by molar-refractivity contribution is -0.140. The molecule has 1 unspecified atom stereocenters. The van der Waals surface area contributed by atoms with Crippen LogP contribution in [-0.2, 0) is 14.3 Å². The number of unbranched alkanes of at least 4 members (excludes halogenated alkanes) is 3. The number of methoxy groups -OCH3 is 1. The highest BCUT2D eigenvalue weighted by Gasteiger charge is 2.29. The van der Waals surface area contributed by atoms with E-state index >= 15 is 0 Å². The van der Waals surface area contributed by atoms with Gasteiger partial charge in [0.15, 0.2) is 5.78 Å². The second-order valence-electron chi connectivity index (χ2n) is 6.58. The summed E-state index contributed by atoms with van der Waals surface area (Å²) in [6.07, 6.45) is 12.2. The maximum Gasteiger partial charge on any atom is 0.305 e. The van der Waals surface area contributed by atoms with Crippen LogP contribution < -0.4 is 0 Å². The summed E-state index contributed by atoms with van der Waals surface area (Å²) >= 11 is 0. The van der Waals surface area contributed by atoms with E-state index in [1.165, 1.54) is 20.0 Å². The average molecular weight is 324 g/mol. The average Bonchev–Trinajstić information content (AvgIpc) is 2.89. The molecular formula is C19H32O4. The van der Waals surface area contributed by atoms with Gasteiger partial charge >= 0.3 is 5.97 Å². The van der Waals surface area contributed by atoms with Crippen LogP contribution in [0, 0.1) is 11.8 Å². The Morgan fingerprint density at radius 1 is 1.22 bits per heavy atom. The van der Waals surface area contributed by atoms with Crippen LogP contribution in [0.4, 0.5) is 0 Å². The molecule has 0 radical (unpaired) electrons. The molecule has 1 N–H and O–H groups in total. The Bertz CT molecular complexity index is 389. The van der Waals surface area contributed by atoms with E-state index in [2.05, 4.69) is 11.7 Å². The van der Waals surface area contributed by atoms with Gasteiger partial charge in [-0.2, -0.15) is 0 Å². The molecule has 0 heterocycles. The first-order valence-electron chi connectivity index (χ1n) is 9.05. The number of carbonyl (C=O) groups excluding carboxylic acids is 2. The summed E-state index contributed by atoms with van der Waals surface area (Å²) in [7, 11) is 1.40. The summed E-state index contributed by atoms with van der Waals surface area (Å²) in [4.78, 5) is 23.1. The third kappa shape index (κ3) is 7.78. The molecular weight excluding hydrogens is 292 g/mol. The molecule has 0 aromatic carbocycles. The fraction of sp³-hybridized carbons (Fsp3) is 0.789. The van der Waals surface area contributed by atoms with E-state index in [-0.39, 0.29) is 29.7 Å². The van der Waals surface area contributed by atoms with Crippen LogP contribution in [0.25, 0.3) is 0 Å². The smallest absolute Gasteiger partial charge is 0.305 e. The van der Waals surface area contributed by atoms with Gasteiger partial charge < -0.3 is 9.84 Å². The predicted molar refractivity (Wildman–Crippen MR) is 91.0 cm³/mol. The second-order valence-corrected chi connectivity index (χ2v) is 6.58. The highest BCUT2D eigenvalue weighted by atomic mass is 16.5. The first-order chi connectivity index (χ1) is 11.1. The molecule has 0 spiro atoms. The Kier molecular flexibility index (Phi) is 9.85. The Balaban J connectivity index is 2.26. The largest absolute Gasteiger partial charge is 0.469 e. The summed E-state index contributed by atoms with van der Waals surface area (Å²) in [5.41, 5.74) is 0. The molecule has 0 aromatic rings. The lowest BCUT2D eigenvalue weighted by atomic mass is 9.85. The number of aliphatic hydroxyl groups is 1. The minimum atomic E-state index is -0.245. The second kappa shape index (κ2) is 11.4. The molecule has 4 heteroatoms. The molecule has 0 bridgehead atoms. The van der Waals surface area contributed by atoms with Gasteiger partial charge in [-0.1, -0.05) is 38.7 Å². The van der Waals surface area contributed by atoms with E-state index in [1.807, 2.05) is 6.08 Å². The Morgan fingerprint density at radius 2 is 2.00 bits per heavy atom. The predicted octanol–water partition coefficient (Wildman–Crippen LogP) is 3.81. The maximum absolute atomic E-state index is 12.0. The number of hydrogen-bond donors (Lipinski definition) is 1. The fourth-order valence-electron chi connectivity index (χ4n) is 3.24. The van der Waals surface area contributed by atoms with Gasteiger partial charge in [0.2, 0.25) is 0 Å². The van der Waals surface area contributed by atoms with E-state index in [0.717, 1.165) is 44.9 Å². The number of aliphatic hydroxyl groups excluding tert-OH is 1. The molecule has 23 heavy (non-hydrogen) atoms. The van der Waals surface area contributed by atoms with Crippen molar-refractivity contribution in [2.24, 2.45) is 11.8 Å². The zero-order valence-electron chi connectivity index (χ0n) is 14.6. The van der Waals surface area contributed by atoms with Gasteiger partial charge in [0.1, 0.15) is 0 Å². The zero-order chi connectivity index (χ0) is 17.1. The summed E-state index contributed by atoms with van der Waals surface area (Å²) < 4.78 is 4.62. The lowest BCUT2D eigenvalue weighted by Crippen LogP contribution is -2.18. The molecule has 0 saturated carbocycles. The van der Waals surface area contributed by atoms with Crippen LogP contribution in [0.1, 0.15) is 71.1 Å². The normalized spacial score (nSPS) is 21.6. The number of esters is 1. The summed E-state index contributed by atoms with van der Waals surface area (Å²) in [5.74, 6) is 0.304. The maximum atomic E-state index is 12.0. The molecule has 1 aliphatic carbocycles. The van der Waals surface area contributed by atoms with Gasteiger partial charge in [0.05, 0.1) is 13.2 Å². The van der Waals surface area contributed by atoms with E-state index in [0.29, 0.717) is 6.42 Å². The standard InChI is InChI=1S/C19H32O4/c1-3-4-5-8-16(20)13-11-15-12-14-18(21)17(15)9-6-7-10-19(22)23-2/h12,14-17,20H,3-11,13H2,1-2H3/t15-,16?,17-/m0/s1. The van der Waals surface area contributed by atoms with Crippen molar-refractivity contribution in [2.45, 2.75) is 77.2 Å². The summed E-state index contributed by atoms with van der Waals surface area (Å²) in [5, 5.41) is 10.0. The van der Waals surface area contributed by atoms with E-state index in [9.17, 15) is 14.7 Å². The van der Waals surface area contributed by atoms with Crippen molar-refractivity contribution >= 4 is 11.8 Å². The fourth-order valence-corrected chi connectivity index (χ4v) is 3.24. The van der Waals surface area contributed by atoms with Crippen LogP contribution >= 0.6 is 0 Å². The minimum Gasteiger partial charge on any atom is -0.469 e. The van der Waals surface area contributed by atoms with Crippen LogP contribution in [0.2, 0.25) is 0 Å². The summed E-state index contributed by atoms with van der Waals surface area (Å²) in [6.45, 7) is 2.16. The Morgan fingerprint density at radius 3 is 2.70 bits per heavy atom. The van der Waals surface area contributed by atoms with Crippen molar-refractivity contribution in [1.82, 2.24) is 0 Å². The number of allylic oxidation sites excluding steroid dienone is 2. The molecule has 0 aliphatic heterocycles. The first-order valence-corrected chi connectivity index (χ1v) is 9.05. The highest BCUT2D eigenvalue weighted by molar-refractivity contribution is 5.94. The number of rotatable bonds is 12. The van der Waals surface area contributed by atoms with Crippen LogP contribution in [0.15, 0.2) is 12.2 Å². The lowest BCUT2D eigenvalue weighted by Gasteiger charge is -2.19. The van der Waals surface area contributed by atoms with Crippen LogP contribution in [0.5, 0.6) is 0 Å². The third-order valence-electron chi connectivity index (χ3n) is 4.74. The Hall–Kier alpha value is -1.16. The van der Waals surface area contributed by atoms with Crippen LogP contribution in [-0.4, -0.2) is 30.1 Å². The van der Waals surface area contributed by atoms with Gasteiger partial charge in [0, 0.05) is 12.3 Å². The van der Waals surface area contributed by atoms with E-state index in [1.54, 1.807) is 6.08 Å².